The highest BCUT2D eigenvalue weighted by Gasteiger charge is 2.16. The molecule has 0 unspecified atom stereocenters. The van der Waals surface area contributed by atoms with Crippen molar-refractivity contribution in [1.29, 1.82) is 0 Å². The van der Waals surface area contributed by atoms with Crippen molar-refractivity contribution in [3.8, 4) is 0 Å². The third-order valence-corrected chi connectivity index (χ3v) is 4.72. The van der Waals surface area contributed by atoms with Crippen LogP contribution in [0.1, 0.15) is 28.9 Å². The van der Waals surface area contributed by atoms with Gasteiger partial charge in [-0.05, 0) is 48.7 Å². The number of para-hydroxylation sites is 2. The molecular formula is C16H17N3O2S. The molecule has 0 radical (unpaired) electrons. The number of hydrogen-bond acceptors (Lipinski definition) is 5. The maximum Gasteiger partial charge on any atom is 0.265 e. The van der Waals surface area contributed by atoms with E-state index in [4.69, 9.17) is 0 Å². The lowest BCUT2D eigenvalue weighted by Crippen LogP contribution is -2.30. The van der Waals surface area contributed by atoms with Gasteiger partial charge in [0, 0.05) is 13.1 Å². The van der Waals surface area contributed by atoms with Crippen molar-refractivity contribution >= 4 is 33.6 Å². The number of benzene rings is 1. The first-order valence-corrected chi connectivity index (χ1v) is 8.18. The van der Waals surface area contributed by atoms with Gasteiger partial charge in [-0.3, -0.25) is 4.79 Å². The SMILES string of the molecule is O=Nc1ccc(C(=O)Nc2ccccc2N2CCCCC2)s1. The van der Waals surface area contributed by atoms with E-state index in [1.165, 1.54) is 19.3 Å². The molecule has 2 aromatic rings. The van der Waals surface area contributed by atoms with Crippen LogP contribution in [0.25, 0.3) is 0 Å². The summed E-state index contributed by atoms with van der Waals surface area (Å²) in [6, 6.07) is 11.0. The van der Waals surface area contributed by atoms with E-state index in [1.54, 1.807) is 12.1 Å². The average molecular weight is 315 g/mol. The van der Waals surface area contributed by atoms with E-state index >= 15 is 0 Å². The van der Waals surface area contributed by atoms with Crippen LogP contribution in [0.5, 0.6) is 0 Å². The zero-order chi connectivity index (χ0) is 15.4. The minimum atomic E-state index is -0.204. The summed E-state index contributed by atoms with van der Waals surface area (Å²) in [7, 11) is 0. The monoisotopic (exact) mass is 315 g/mol. The average Bonchev–Trinajstić information content (AvgIpc) is 3.05. The van der Waals surface area contributed by atoms with Crippen LogP contribution in [0.15, 0.2) is 41.6 Å². The third kappa shape index (κ3) is 3.17. The van der Waals surface area contributed by atoms with E-state index in [9.17, 15) is 9.70 Å². The number of nitroso groups, excluding NO2 is 1. The molecule has 1 aromatic heterocycles. The van der Waals surface area contributed by atoms with Gasteiger partial charge in [0.05, 0.1) is 16.3 Å². The summed E-state index contributed by atoms with van der Waals surface area (Å²) in [5.74, 6) is -0.204. The third-order valence-electron chi connectivity index (χ3n) is 3.75. The van der Waals surface area contributed by atoms with Crippen molar-refractivity contribution in [2.75, 3.05) is 23.3 Å². The summed E-state index contributed by atoms with van der Waals surface area (Å²) in [6.07, 6.45) is 3.63. The van der Waals surface area contributed by atoms with Crippen LogP contribution < -0.4 is 10.2 Å². The number of hydrogen-bond donors (Lipinski definition) is 1. The Hall–Kier alpha value is -2.21. The molecule has 1 aliphatic heterocycles. The standard InChI is InChI=1S/C16H17N3O2S/c20-16(14-8-9-15(18-21)22-14)17-12-6-2-3-7-13(12)19-10-4-1-5-11-19/h2-3,6-9H,1,4-5,10-11H2,(H,17,20). The summed E-state index contributed by atoms with van der Waals surface area (Å²) in [4.78, 5) is 25.6. The van der Waals surface area contributed by atoms with Crippen LogP contribution in [0.4, 0.5) is 16.4 Å². The predicted octanol–water partition coefficient (Wildman–Crippen LogP) is 4.39. The quantitative estimate of drug-likeness (QED) is 0.851. The number of nitrogens with one attached hydrogen (secondary N) is 1. The molecule has 6 heteroatoms. The highest BCUT2D eigenvalue weighted by Crippen LogP contribution is 2.30. The second-order valence-electron chi connectivity index (χ2n) is 5.25. The minimum absolute atomic E-state index is 0.204. The first-order valence-electron chi connectivity index (χ1n) is 7.36. The Kier molecular flexibility index (Phi) is 4.48. The van der Waals surface area contributed by atoms with Crippen LogP contribution in [0, 0.1) is 4.91 Å². The molecule has 1 amide bonds. The van der Waals surface area contributed by atoms with Crippen LogP contribution in [0.3, 0.4) is 0 Å². The Bertz CT molecular complexity index is 678. The summed E-state index contributed by atoms with van der Waals surface area (Å²) in [5.41, 5.74) is 1.87. The fourth-order valence-corrected chi connectivity index (χ4v) is 3.35. The molecule has 1 aliphatic rings. The number of amides is 1. The molecule has 1 N–H and O–H groups in total. The number of carbonyl (C=O) groups is 1. The van der Waals surface area contributed by atoms with Crippen molar-refractivity contribution in [2.45, 2.75) is 19.3 Å². The van der Waals surface area contributed by atoms with Gasteiger partial charge in [0.15, 0.2) is 5.00 Å². The van der Waals surface area contributed by atoms with Gasteiger partial charge in [-0.1, -0.05) is 12.1 Å². The number of nitrogens with zero attached hydrogens (tertiary/aromatic N) is 2. The van der Waals surface area contributed by atoms with Crippen LogP contribution >= 0.6 is 11.3 Å². The zero-order valence-electron chi connectivity index (χ0n) is 12.1. The van der Waals surface area contributed by atoms with Crippen molar-refractivity contribution in [3.05, 3.63) is 46.2 Å². The molecule has 0 atom stereocenters. The first-order chi connectivity index (χ1) is 10.8. The lowest BCUT2D eigenvalue weighted by molar-refractivity contribution is 0.103. The van der Waals surface area contributed by atoms with Gasteiger partial charge < -0.3 is 10.2 Å². The number of piperidine rings is 1. The smallest absolute Gasteiger partial charge is 0.265 e. The van der Waals surface area contributed by atoms with E-state index in [0.29, 0.717) is 9.88 Å². The summed E-state index contributed by atoms with van der Waals surface area (Å²) >= 11 is 1.10. The molecule has 3 rings (SSSR count). The highest BCUT2D eigenvalue weighted by atomic mass is 32.1. The molecule has 0 aliphatic carbocycles. The molecule has 0 spiro atoms. The van der Waals surface area contributed by atoms with Gasteiger partial charge in [-0.15, -0.1) is 16.2 Å². The molecule has 22 heavy (non-hydrogen) atoms. The van der Waals surface area contributed by atoms with E-state index in [0.717, 1.165) is 35.8 Å². The van der Waals surface area contributed by atoms with Crippen molar-refractivity contribution in [2.24, 2.45) is 5.18 Å². The van der Waals surface area contributed by atoms with Gasteiger partial charge in [-0.25, -0.2) is 0 Å². The van der Waals surface area contributed by atoms with Crippen molar-refractivity contribution in [3.63, 3.8) is 0 Å². The van der Waals surface area contributed by atoms with Gasteiger partial charge in [0.2, 0.25) is 0 Å². The normalized spacial score (nSPS) is 14.6. The van der Waals surface area contributed by atoms with Crippen molar-refractivity contribution < 1.29 is 4.79 Å². The molecule has 0 bridgehead atoms. The maximum absolute atomic E-state index is 12.3. The Morgan fingerprint density at radius 3 is 2.59 bits per heavy atom. The van der Waals surface area contributed by atoms with E-state index in [1.807, 2.05) is 24.3 Å². The molecule has 1 saturated heterocycles. The largest absolute Gasteiger partial charge is 0.370 e. The molecule has 0 saturated carbocycles. The van der Waals surface area contributed by atoms with E-state index in [2.05, 4.69) is 15.4 Å². The van der Waals surface area contributed by atoms with Gasteiger partial charge in [-0.2, -0.15) is 0 Å². The van der Waals surface area contributed by atoms with Gasteiger partial charge >= 0.3 is 0 Å². The molecule has 5 nitrogen and oxygen atoms in total. The summed E-state index contributed by atoms with van der Waals surface area (Å²) in [5, 5.41) is 6.11. The maximum atomic E-state index is 12.3. The Balaban J connectivity index is 1.79. The Morgan fingerprint density at radius 1 is 1.09 bits per heavy atom. The molecule has 114 valence electrons. The van der Waals surface area contributed by atoms with E-state index in [-0.39, 0.29) is 5.91 Å². The Labute approximate surface area is 132 Å². The second kappa shape index (κ2) is 6.70. The molecule has 1 fully saturated rings. The number of thiophene rings is 1. The fourth-order valence-electron chi connectivity index (χ4n) is 2.67. The van der Waals surface area contributed by atoms with Crippen LogP contribution in [-0.4, -0.2) is 19.0 Å². The molecule has 1 aromatic carbocycles. The van der Waals surface area contributed by atoms with Crippen LogP contribution in [-0.2, 0) is 0 Å². The predicted molar refractivity (Wildman–Crippen MR) is 90.2 cm³/mol. The number of anilines is 2. The Morgan fingerprint density at radius 2 is 1.86 bits per heavy atom. The molecular weight excluding hydrogens is 298 g/mol. The van der Waals surface area contributed by atoms with Crippen molar-refractivity contribution in [1.82, 2.24) is 0 Å². The van der Waals surface area contributed by atoms with Gasteiger partial charge in [0.25, 0.3) is 5.91 Å². The highest BCUT2D eigenvalue weighted by molar-refractivity contribution is 7.17. The number of rotatable bonds is 4. The lowest BCUT2D eigenvalue weighted by Gasteiger charge is -2.30. The second-order valence-corrected chi connectivity index (χ2v) is 6.31. The van der Waals surface area contributed by atoms with Crippen LogP contribution in [0.2, 0.25) is 0 Å². The lowest BCUT2D eigenvalue weighted by atomic mass is 10.1. The summed E-state index contributed by atoms with van der Waals surface area (Å²) < 4.78 is 0. The van der Waals surface area contributed by atoms with Gasteiger partial charge in [0.1, 0.15) is 0 Å². The first kappa shape index (κ1) is 14.7. The fraction of sp³-hybridized carbons (Fsp3) is 0.312. The van der Waals surface area contributed by atoms with E-state index < -0.39 is 0 Å². The summed E-state index contributed by atoms with van der Waals surface area (Å²) in [6.45, 7) is 2.04. The topological polar surface area (TPSA) is 61.8 Å². The zero-order valence-corrected chi connectivity index (χ0v) is 12.9. The molecule has 2 heterocycles. The number of carbonyl (C=O) groups excluding carboxylic acids is 1. The minimum Gasteiger partial charge on any atom is -0.370 e.